The Morgan fingerprint density at radius 3 is 2.55 bits per heavy atom. The van der Waals surface area contributed by atoms with Gasteiger partial charge in [-0.15, -0.1) is 11.3 Å². The molecular weight excluding hydrogens is 408 g/mol. The zero-order chi connectivity index (χ0) is 20.6. The summed E-state index contributed by atoms with van der Waals surface area (Å²) in [5, 5.41) is 1.41. The van der Waals surface area contributed by atoms with Crippen molar-refractivity contribution in [2.24, 2.45) is 0 Å². The van der Waals surface area contributed by atoms with Crippen molar-refractivity contribution in [1.82, 2.24) is 9.88 Å². The fourth-order valence-electron chi connectivity index (χ4n) is 2.79. The summed E-state index contributed by atoms with van der Waals surface area (Å²) < 4.78 is 11.0. The molecule has 0 radical (unpaired) electrons. The molecule has 3 rings (SSSR count). The molecule has 0 aliphatic heterocycles. The lowest BCUT2D eigenvalue weighted by molar-refractivity contribution is 0.0684. The minimum atomic E-state index is -0.0429. The maximum Gasteiger partial charge on any atom is 0.266 e. The number of aromatic nitrogens is 1. The minimum absolute atomic E-state index is 0.0429. The fourth-order valence-corrected chi connectivity index (χ4v) is 3.86. The Hall–Kier alpha value is -2.41. The van der Waals surface area contributed by atoms with E-state index in [2.05, 4.69) is 4.98 Å². The number of hydrogen-bond acceptors (Lipinski definition) is 5. The monoisotopic (exact) mass is 430 g/mol. The predicted molar refractivity (Wildman–Crippen MR) is 116 cm³/mol. The molecule has 0 saturated carbocycles. The van der Waals surface area contributed by atoms with Gasteiger partial charge < -0.3 is 14.4 Å². The lowest BCUT2D eigenvalue weighted by Crippen LogP contribution is -2.33. The molecule has 0 aliphatic rings. The first-order valence-corrected chi connectivity index (χ1v) is 10.4. The van der Waals surface area contributed by atoms with Crippen molar-refractivity contribution >= 4 is 28.8 Å². The Morgan fingerprint density at radius 1 is 1.14 bits per heavy atom. The van der Waals surface area contributed by atoms with Crippen molar-refractivity contribution < 1.29 is 14.3 Å². The maximum absolute atomic E-state index is 13.2. The maximum atomic E-state index is 13.2. The Morgan fingerprint density at radius 2 is 1.86 bits per heavy atom. The second kappa shape index (κ2) is 10.4. The first-order chi connectivity index (χ1) is 14.1. The zero-order valence-corrected chi connectivity index (χ0v) is 18.0. The second-order valence-corrected chi connectivity index (χ2v) is 7.99. The summed E-state index contributed by atoms with van der Waals surface area (Å²) in [5.41, 5.74) is 1.79. The van der Waals surface area contributed by atoms with E-state index in [1.165, 1.54) is 11.3 Å². The molecule has 152 valence electrons. The van der Waals surface area contributed by atoms with Crippen molar-refractivity contribution in [2.45, 2.75) is 20.1 Å². The summed E-state index contributed by atoms with van der Waals surface area (Å²) in [6.45, 7) is 3.67. The van der Waals surface area contributed by atoms with Gasteiger partial charge >= 0.3 is 0 Å². The van der Waals surface area contributed by atoms with E-state index < -0.39 is 0 Å². The van der Waals surface area contributed by atoms with E-state index in [1.54, 1.807) is 36.3 Å². The van der Waals surface area contributed by atoms with Crippen LogP contribution in [0.25, 0.3) is 0 Å². The van der Waals surface area contributed by atoms with E-state index in [0.29, 0.717) is 47.6 Å². The lowest BCUT2D eigenvalue weighted by Gasteiger charge is -2.22. The van der Waals surface area contributed by atoms with Crippen LogP contribution in [0.15, 0.2) is 54.6 Å². The first-order valence-electron chi connectivity index (χ1n) is 9.23. The van der Waals surface area contributed by atoms with Crippen LogP contribution in [0.5, 0.6) is 5.75 Å². The average Bonchev–Trinajstić information content (AvgIpc) is 3.11. The largest absolute Gasteiger partial charge is 0.486 e. The van der Waals surface area contributed by atoms with E-state index in [4.69, 9.17) is 21.1 Å². The summed E-state index contributed by atoms with van der Waals surface area (Å²) in [5.74, 6) is 0.666. The number of hydrogen-bond donors (Lipinski definition) is 0. The van der Waals surface area contributed by atoms with Gasteiger partial charge in [0.2, 0.25) is 0 Å². The van der Waals surface area contributed by atoms with Crippen LogP contribution >= 0.6 is 22.9 Å². The third-order valence-electron chi connectivity index (χ3n) is 4.28. The van der Waals surface area contributed by atoms with Gasteiger partial charge in [-0.25, -0.2) is 4.98 Å². The molecule has 2 aromatic carbocycles. The van der Waals surface area contributed by atoms with Crippen LogP contribution in [-0.2, 0) is 17.9 Å². The molecule has 0 aliphatic carbocycles. The number of methoxy groups -OCH3 is 1. The lowest BCUT2D eigenvalue weighted by atomic mass is 10.2. The molecule has 1 aromatic heterocycles. The molecule has 0 atom stereocenters. The minimum Gasteiger partial charge on any atom is -0.486 e. The first kappa shape index (κ1) is 21.3. The van der Waals surface area contributed by atoms with Gasteiger partial charge in [-0.2, -0.15) is 0 Å². The highest BCUT2D eigenvalue weighted by molar-refractivity contribution is 7.13. The van der Waals surface area contributed by atoms with Gasteiger partial charge in [0.05, 0.1) is 12.3 Å². The van der Waals surface area contributed by atoms with E-state index >= 15 is 0 Å². The van der Waals surface area contributed by atoms with Gasteiger partial charge in [-0.3, -0.25) is 4.79 Å². The number of benzene rings is 2. The Labute approximate surface area is 179 Å². The van der Waals surface area contributed by atoms with Crippen LogP contribution in [-0.4, -0.2) is 36.1 Å². The summed E-state index contributed by atoms with van der Waals surface area (Å²) in [4.78, 5) is 20.1. The van der Waals surface area contributed by atoms with Crippen molar-refractivity contribution in [3.63, 3.8) is 0 Å². The number of aryl methyl sites for hydroxylation is 1. The Balaban J connectivity index is 1.71. The zero-order valence-electron chi connectivity index (χ0n) is 16.4. The number of carbonyl (C=O) groups is 1. The summed E-state index contributed by atoms with van der Waals surface area (Å²) in [6.07, 6.45) is 0. The Kier molecular flexibility index (Phi) is 7.63. The van der Waals surface area contributed by atoms with E-state index in [-0.39, 0.29) is 5.91 Å². The van der Waals surface area contributed by atoms with Crippen molar-refractivity contribution in [1.29, 1.82) is 0 Å². The average molecular weight is 431 g/mol. The summed E-state index contributed by atoms with van der Waals surface area (Å²) >= 11 is 7.26. The number of halogens is 1. The highest BCUT2D eigenvalue weighted by atomic mass is 35.5. The van der Waals surface area contributed by atoms with Gasteiger partial charge in [0.15, 0.2) is 0 Å². The number of carbonyl (C=O) groups excluding carboxylic acids is 1. The van der Waals surface area contributed by atoms with Crippen LogP contribution in [0.3, 0.4) is 0 Å². The second-order valence-electron chi connectivity index (χ2n) is 6.47. The topological polar surface area (TPSA) is 51.7 Å². The predicted octanol–water partition coefficient (Wildman–Crippen LogP) is 4.97. The highest BCUT2D eigenvalue weighted by Gasteiger charge is 2.22. The molecule has 3 aromatic rings. The van der Waals surface area contributed by atoms with Crippen LogP contribution in [0.1, 0.15) is 25.9 Å². The van der Waals surface area contributed by atoms with Crippen LogP contribution in [0.2, 0.25) is 5.02 Å². The number of rotatable bonds is 9. The van der Waals surface area contributed by atoms with E-state index in [0.717, 1.165) is 10.6 Å². The smallest absolute Gasteiger partial charge is 0.266 e. The van der Waals surface area contributed by atoms with E-state index in [9.17, 15) is 4.79 Å². The number of ether oxygens (including phenoxy) is 2. The standard InChI is InChI=1S/C22H23ClN2O3S/c1-16-21(29-20(24-16)15-28-19-10-8-18(23)9-11-19)22(26)25(12-13-27-2)14-17-6-4-3-5-7-17/h3-11H,12-15H2,1-2H3. The van der Waals surface area contributed by atoms with Gasteiger partial charge in [-0.05, 0) is 36.8 Å². The quantitative estimate of drug-likeness (QED) is 0.480. The molecular formula is C22H23ClN2O3S. The molecule has 0 N–H and O–H groups in total. The van der Waals surface area contributed by atoms with Gasteiger partial charge in [0.25, 0.3) is 5.91 Å². The fraction of sp³-hybridized carbons (Fsp3) is 0.273. The molecule has 1 heterocycles. The van der Waals surface area contributed by atoms with Gasteiger partial charge in [-0.1, -0.05) is 41.9 Å². The summed E-state index contributed by atoms with van der Waals surface area (Å²) in [7, 11) is 1.63. The van der Waals surface area contributed by atoms with Gasteiger partial charge in [0.1, 0.15) is 22.2 Å². The number of thiazole rings is 1. The van der Waals surface area contributed by atoms with Crippen molar-refractivity contribution in [2.75, 3.05) is 20.3 Å². The molecule has 0 saturated heterocycles. The normalized spacial score (nSPS) is 10.7. The molecule has 1 amide bonds. The molecule has 0 bridgehead atoms. The summed E-state index contributed by atoms with van der Waals surface area (Å²) in [6, 6.07) is 17.1. The van der Waals surface area contributed by atoms with Crippen LogP contribution in [0, 0.1) is 6.92 Å². The van der Waals surface area contributed by atoms with E-state index in [1.807, 2.05) is 37.3 Å². The molecule has 29 heavy (non-hydrogen) atoms. The molecule has 0 spiro atoms. The van der Waals surface area contributed by atoms with Crippen molar-refractivity contribution in [3.05, 3.63) is 80.8 Å². The molecule has 0 unspecified atom stereocenters. The number of amides is 1. The molecule has 0 fully saturated rings. The number of nitrogens with zero attached hydrogens (tertiary/aromatic N) is 2. The van der Waals surface area contributed by atoms with Crippen LogP contribution in [0.4, 0.5) is 0 Å². The van der Waals surface area contributed by atoms with Crippen LogP contribution < -0.4 is 4.74 Å². The Bertz CT molecular complexity index is 929. The van der Waals surface area contributed by atoms with Crippen molar-refractivity contribution in [3.8, 4) is 5.75 Å². The van der Waals surface area contributed by atoms with Gasteiger partial charge in [0, 0.05) is 25.2 Å². The SMILES string of the molecule is COCCN(Cc1ccccc1)C(=O)c1sc(COc2ccc(Cl)cc2)nc1C. The third kappa shape index (κ3) is 6.03. The molecule has 7 heteroatoms. The highest BCUT2D eigenvalue weighted by Crippen LogP contribution is 2.23. The third-order valence-corrected chi connectivity index (χ3v) is 5.65. The molecule has 5 nitrogen and oxygen atoms in total.